The number of hydrogen-bond donors (Lipinski definition) is 4. The van der Waals surface area contributed by atoms with Gasteiger partial charge in [0.15, 0.2) is 5.69 Å². The summed E-state index contributed by atoms with van der Waals surface area (Å²) >= 11 is 11.5. The van der Waals surface area contributed by atoms with Gasteiger partial charge in [-0.1, -0.05) is 23.2 Å². The van der Waals surface area contributed by atoms with Crippen LogP contribution in [0, 0.1) is 0 Å². The molecule has 9 heteroatoms. The third kappa shape index (κ3) is 2.84. The van der Waals surface area contributed by atoms with E-state index in [-0.39, 0.29) is 21.6 Å². The molecular formula is C11H8Cl2N4O3. The van der Waals surface area contributed by atoms with Gasteiger partial charge in [-0.25, -0.2) is 0 Å². The minimum absolute atomic E-state index is 0.162. The SMILES string of the molecule is Nc1nc(O)c(NC(=O)c2ccc(Cl)c(Cl)c2)c(=O)[nH]1. The molecule has 0 aliphatic rings. The summed E-state index contributed by atoms with van der Waals surface area (Å²) in [5.74, 6) is -1.60. The number of anilines is 2. The normalized spacial score (nSPS) is 10.3. The van der Waals surface area contributed by atoms with Crippen molar-refractivity contribution in [2.75, 3.05) is 11.1 Å². The van der Waals surface area contributed by atoms with Crippen LogP contribution in [-0.4, -0.2) is 21.0 Å². The van der Waals surface area contributed by atoms with Gasteiger partial charge in [-0.3, -0.25) is 14.6 Å². The predicted molar refractivity (Wildman–Crippen MR) is 75.4 cm³/mol. The van der Waals surface area contributed by atoms with Crippen molar-refractivity contribution in [1.29, 1.82) is 0 Å². The van der Waals surface area contributed by atoms with Gasteiger partial charge < -0.3 is 16.2 Å². The second-order valence-electron chi connectivity index (χ2n) is 3.73. The molecule has 2 aromatic rings. The van der Waals surface area contributed by atoms with Crippen LogP contribution in [0.15, 0.2) is 23.0 Å². The highest BCUT2D eigenvalue weighted by Crippen LogP contribution is 2.23. The number of halogens is 2. The molecule has 0 saturated carbocycles. The fraction of sp³-hybridized carbons (Fsp3) is 0. The molecule has 1 aromatic carbocycles. The summed E-state index contributed by atoms with van der Waals surface area (Å²) in [6, 6.07) is 4.18. The molecule has 1 aromatic heterocycles. The van der Waals surface area contributed by atoms with Crippen molar-refractivity contribution in [3.05, 3.63) is 44.2 Å². The summed E-state index contributed by atoms with van der Waals surface area (Å²) < 4.78 is 0. The number of rotatable bonds is 2. The maximum absolute atomic E-state index is 11.9. The highest BCUT2D eigenvalue weighted by Gasteiger charge is 2.15. The van der Waals surface area contributed by atoms with Crippen LogP contribution >= 0.6 is 23.2 Å². The van der Waals surface area contributed by atoms with Gasteiger partial charge in [0.1, 0.15) is 0 Å². The van der Waals surface area contributed by atoms with Crippen LogP contribution in [0.25, 0.3) is 0 Å². The molecule has 0 spiro atoms. The van der Waals surface area contributed by atoms with Gasteiger partial charge in [0.05, 0.1) is 10.0 Å². The standard InChI is InChI=1S/C11H8Cl2N4O3/c12-5-2-1-4(3-6(5)13)8(18)15-7-9(19)16-11(14)17-10(7)20/h1-3H,(H,15,18)(H4,14,16,17,19,20). The molecule has 0 atom stereocenters. The number of carbonyl (C=O) groups is 1. The first-order valence-corrected chi connectivity index (χ1v) is 5.99. The Morgan fingerprint density at radius 1 is 1.35 bits per heavy atom. The zero-order valence-electron chi connectivity index (χ0n) is 9.78. The van der Waals surface area contributed by atoms with Crippen LogP contribution in [-0.2, 0) is 0 Å². The number of aromatic hydroxyl groups is 1. The maximum atomic E-state index is 11.9. The van der Waals surface area contributed by atoms with Gasteiger partial charge in [0, 0.05) is 5.56 Å². The molecule has 7 nitrogen and oxygen atoms in total. The fourth-order valence-corrected chi connectivity index (χ4v) is 1.71. The van der Waals surface area contributed by atoms with E-state index in [0.717, 1.165) is 0 Å². The number of nitrogens with one attached hydrogen (secondary N) is 2. The Hall–Kier alpha value is -2.25. The molecule has 1 heterocycles. The minimum atomic E-state index is -0.775. The molecule has 0 aliphatic heterocycles. The fourth-order valence-electron chi connectivity index (χ4n) is 1.41. The molecule has 2 rings (SSSR count). The molecule has 0 radical (unpaired) electrons. The van der Waals surface area contributed by atoms with Crippen molar-refractivity contribution < 1.29 is 9.90 Å². The van der Waals surface area contributed by atoms with E-state index >= 15 is 0 Å². The summed E-state index contributed by atoms with van der Waals surface area (Å²) in [6.07, 6.45) is 0. The number of nitrogens with two attached hydrogens (primary N) is 1. The van der Waals surface area contributed by atoms with Gasteiger partial charge >= 0.3 is 0 Å². The van der Waals surface area contributed by atoms with E-state index < -0.39 is 23.0 Å². The number of hydrogen-bond acceptors (Lipinski definition) is 5. The Bertz CT molecular complexity index is 745. The Morgan fingerprint density at radius 3 is 2.65 bits per heavy atom. The van der Waals surface area contributed by atoms with Crippen molar-refractivity contribution in [2.24, 2.45) is 0 Å². The lowest BCUT2D eigenvalue weighted by atomic mass is 10.2. The van der Waals surface area contributed by atoms with E-state index in [1.54, 1.807) is 0 Å². The average Bonchev–Trinajstić information content (AvgIpc) is 2.36. The second-order valence-corrected chi connectivity index (χ2v) is 4.55. The van der Waals surface area contributed by atoms with Gasteiger partial charge in [-0.15, -0.1) is 0 Å². The molecule has 0 unspecified atom stereocenters. The quantitative estimate of drug-likeness (QED) is 0.671. The first-order valence-electron chi connectivity index (χ1n) is 5.23. The number of amides is 1. The molecular weight excluding hydrogens is 307 g/mol. The number of aromatic amines is 1. The zero-order chi connectivity index (χ0) is 14.9. The lowest BCUT2D eigenvalue weighted by molar-refractivity contribution is 0.102. The van der Waals surface area contributed by atoms with Crippen molar-refractivity contribution in [2.45, 2.75) is 0 Å². The van der Waals surface area contributed by atoms with Crippen molar-refractivity contribution in [1.82, 2.24) is 9.97 Å². The maximum Gasteiger partial charge on any atom is 0.280 e. The van der Waals surface area contributed by atoms with E-state index in [1.165, 1.54) is 18.2 Å². The van der Waals surface area contributed by atoms with Crippen LogP contribution in [0.4, 0.5) is 11.6 Å². The van der Waals surface area contributed by atoms with Crippen LogP contribution < -0.4 is 16.6 Å². The molecule has 0 aliphatic carbocycles. The number of benzene rings is 1. The third-order valence-electron chi connectivity index (χ3n) is 2.34. The predicted octanol–water partition coefficient (Wildman–Crippen LogP) is 1.62. The monoisotopic (exact) mass is 314 g/mol. The number of carbonyl (C=O) groups excluding carboxylic acids is 1. The topological polar surface area (TPSA) is 121 Å². The van der Waals surface area contributed by atoms with E-state index in [4.69, 9.17) is 28.9 Å². The minimum Gasteiger partial charge on any atom is -0.492 e. The summed E-state index contributed by atoms with van der Waals surface area (Å²) in [4.78, 5) is 29.1. The number of nitrogen functional groups attached to an aromatic ring is 1. The van der Waals surface area contributed by atoms with Crippen molar-refractivity contribution >= 4 is 40.7 Å². The van der Waals surface area contributed by atoms with E-state index in [1.807, 2.05) is 0 Å². The van der Waals surface area contributed by atoms with Gasteiger partial charge in [0.2, 0.25) is 11.8 Å². The largest absolute Gasteiger partial charge is 0.492 e. The Labute approximate surface area is 122 Å². The van der Waals surface area contributed by atoms with Crippen LogP contribution in [0.1, 0.15) is 10.4 Å². The third-order valence-corrected chi connectivity index (χ3v) is 3.08. The van der Waals surface area contributed by atoms with E-state index in [0.29, 0.717) is 0 Å². The lowest BCUT2D eigenvalue weighted by Crippen LogP contribution is -2.21. The van der Waals surface area contributed by atoms with Crippen molar-refractivity contribution in [3.8, 4) is 5.88 Å². The molecule has 0 saturated heterocycles. The van der Waals surface area contributed by atoms with Crippen LogP contribution in [0.3, 0.4) is 0 Å². The average molecular weight is 315 g/mol. The first kappa shape index (κ1) is 14.2. The molecule has 0 fully saturated rings. The Kier molecular flexibility index (Phi) is 3.82. The molecule has 0 bridgehead atoms. The summed E-state index contributed by atoms with van der Waals surface area (Å²) in [5.41, 5.74) is 4.22. The van der Waals surface area contributed by atoms with E-state index in [2.05, 4.69) is 15.3 Å². The smallest absolute Gasteiger partial charge is 0.280 e. The van der Waals surface area contributed by atoms with E-state index in [9.17, 15) is 14.7 Å². The van der Waals surface area contributed by atoms with Crippen molar-refractivity contribution in [3.63, 3.8) is 0 Å². The molecule has 5 N–H and O–H groups in total. The zero-order valence-corrected chi connectivity index (χ0v) is 11.3. The lowest BCUT2D eigenvalue weighted by Gasteiger charge is -2.07. The van der Waals surface area contributed by atoms with Gasteiger partial charge in [-0.05, 0) is 18.2 Å². The number of aromatic nitrogens is 2. The highest BCUT2D eigenvalue weighted by atomic mass is 35.5. The Balaban J connectivity index is 2.33. The molecule has 104 valence electrons. The van der Waals surface area contributed by atoms with Gasteiger partial charge in [-0.2, -0.15) is 4.98 Å². The summed E-state index contributed by atoms with van der Waals surface area (Å²) in [6.45, 7) is 0. The molecule has 20 heavy (non-hydrogen) atoms. The van der Waals surface area contributed by atoms with Gasteiger partial charge in [0.25, 0.3) is 11.5 Å². The first-order chi connectivity index (χ1) is 9.38. The summed E-state index contributed by atoms with van der Waals surface area (Å²) in [5, 5.41) is 12.2. The Morgan fingerprint density at radius 2 is 2.05 bits per heavy atom. The van der Waals surface area contributed by atoms with Crippen LogP contribution in [0.2, 0.25) is 10.0 Å². The molecule has 1 amide bonds. The second kappa shape index (κ2) is 5.40. The highest BCUT2D eigenvalue weighted by molar-refractivity contribution is 6.42. The summed E-state index contributed by atoms with van der Waals surface area (Å²) in [7, 11) is 0. The van der Waals surface area contributed by atoms with Crippen LogP contribution in [0.5, 0.6) is 5.88 Å². The number of nitrogens with zero attached hydrogens (tertiary/aromatic N) is 1. The number of H-pyrrole nitrogens is 1.